The number of benzene rings is 1. The van der Waals surface area contributed by atoms with Crippen molar-refractivity contribution in [1.29, 1.82) is 0 Å². The number of hydrogen-bond donors (Lipinski definition) is 2. The number of amides is 1. The summed E-state index contributed by atoms with van der Waals surface area (Å²) in [4.78, 5) is 27.1. The summed E-state index contributed by atoms with van der Waals surface area (Å²) in [6.45, 7) is 2.24. The minimum Gasteiger partial charge on any atom is -0.462 e. The summed E-state index contributed by atoms with van der Waals surface area (Å²) in [5, 5.41) is 3.46. The lowest BCUT2D eigenvalue weighted by atomic mass is 9.98. The van der Waals surface area contributed by atoms with Gasteiger partial charge in [0.15, 0.2) is 0 Å². The average Bonchev–Trinajstić information content (AvgIpc) is 3.07. The van der Waals surface area contributed by atoms with E-state index in [9.17, 15) is 9.59 Å². The highest BCUT2D eigenvalue weighted by molar-refractivity contribution is 6.37. The van der Waals surface area contributed by atoms with Crippen LogP contribution >= 0.6 is 11.6 Å². The lowest BCUT2D eigenvalue weighted by Crippen LogP contribution is -2.16. The van der Waals surface area contributed by atoms with E-state index in [1.807, 2.05) is 6.92 Å². The van der Waals surface area contributed by atoms with Crippen LogP contribution in [-0.4, -0.2) is 23.5 Å². The number of carbonyl (C=O) groups excluding carboxylic acids is 2. The first-order valence-electron chi connectivity index (χ1n) is 7.26. The third kappa shape index (κ3) is 2.08. The van der Waals surface area contributed by atoms with Crippen LogP contribution in [0.5, 0.6) is 0 Å². The van der Waals surface area contributed by atoms with E-state index in [4.69, 9.17) is 16.3 Å². The van der Waals surface area contributed by atoms with Crippen LogP contribution in [-0.2, 0) is 16.0 Å². The van der Waals surface area contributed by atoms with Crippen LogP contribution in [0.3, 0.4) is 0 Å². The van der Waals surface area contributed by atoms with Crippen LogP contribution in [0.15, 0.2) is 18.3 Å². The van der Waals surface area contributed by atoms with Crippen LogP contribution in [0.4, 0.5) is 5.69 Å². The molecule has 1 amide bonds. The fourth-order valence-corrected chi connectivity index (χ4v) is 3.25. The second kappa shape index (κ2) is 4.99. The van der Waals surface area contributed by atoms with Crippen LogP contribution in [0, 0.1) is 6.92 Å². The van der Waals surface area contributed by atoms with Gasteiger partial charge in [-0.25, -0.2) is 4.79 Å². The van der Waals surface area contributed by atoms with Gasteiger partial charge in [-0.15, -0.1) is 0 Å². The molecule has 23 heavy (non-hydrogen) atoms. The lowest BCUT2D eigenvalue weighted by molar-refractivity contribution is -0.110. The van der Waals surface area contributed by atoms with Crippen molar-refractivity contribution in [2.75, 3.05) is 11.9 Å². The van der Waals surface area contributed by atoms with Crippen molar-refractivity contribution in [2.24, 2.45) is 0 Å². The van der Waals surface area contributed by atoms with Gasteiger partial charge in [0.1, 0.15) is 0 Å². The van der Waals surface area contributed by atoms with Gasteiger partial charge in [0.05, 0.1) is 17.7 Å². The number of halogens is 1. The molecule has 3 heterocycles. The molecule has 1 aromatic heterocycles. The van der Waals surface area contributed by atoms with Gasteiger partial charge in [-0.05, 0) is 36.3 Å². The summed E-state index contributed by atoms with van der Waals surface area (Å²) < 4.78 is 5.02. The van der Waals surface area contributed by atoms with Crippen molar-refractivity contribution < 1.29 is 14.3 Å². The highest BCUT2D eigenvalue weighted by Gasteiger charge is 2.28. The molecule has 2 aliphatic heterocycles. The van der Waals surface area contributed by atoms with Gasteiger partial charge in [0.25, 0.3) is 5.91 Å². The highest BCUT2D eigenvalue weighted by atomic mass is 35.5. The molecule has 5 nitrogen and oxygen atoms in total. The van der Waals surface area contributed by atoms with E-state index in [1.165, 1.54) is 0 Å². The zero-order valence-electron chi connectivity index (χ0n) is 12.3. The normalized spacial score (nSPS) is 17.7. The number of esters is 1. The molecule has 0 aliphatic carbocycles. The van der Waals surface area contributed by atoms with Crippen molar-refractivity contribution in [2.45, 2.75) is 13.3 Å². The Morgan fingerprint density at radius 2 is 2.13 bits per heavy atom. The predicted molar refractivity (Wildman–Crippen MR) is 87.5 cm³/mol. The van der Waals surface area contributed by atoms with Gasteiger partial charge in [0, 0.05) is 34.6 Å². The fourth-order valence-electron chi connectivity index (χ4n) is 3.10. The van der Waals surface area contributed by atoms with Gasteiger partial charge >= 0.3 is 5.97 Å². The van der Waals surface area contributed by atoms with Gasteiger partial charge < -0.3 is 15.0 Å². The Labute approximate surface area is 137 Å². The van der Waals surface area contributed by atoms with Crippen LogP contribution in [0.1, 0.15) is 32.7 Å². The van der Waals surface area contributed by atoms with Crippen LogP contribution in [0.2, 0.25) is 5.02 Å². The number of H-pyrrole nitrogens is 1. The summed E-state index contributed by atoms with van der Waals surface area (Å²) in [5.74, 6) is -0.505. The summed E-state index contributed by atoms with van der Waals surface area (Å²) in [5.41, 5.74) is 5.14. The SMILES string of the molecule is Cc1c(Cl)ccc2c1/C(=C/c1[nH]cc3c1CCOC3=O)C(=O)N2. The van der Waals surface area contributed by atoms with E-state index in [2.05, 4.69) is 10.3 Å². The second-order valence-corrected chi connectivity index (χ2v) is 5.99. The number of aromatic amines is 1. The molecule has 2 N–H and O–H groups in total. The molecule has 0 bridgehead atoms. The molecule has 0 saturated carbocycles. The second-order valence-electron chi connectivity index (χ2n) is 5.59. The third-order valence-corrected chi connectivity index (χ3v) is 4.69. The van der Waals surface area contributed by atoms with E-state index in [0.717, 1.165) is 28.1 Å². The molecule has 6 heteroatoms. The van der Waals surface area contributed by atoms with Crippen molar-refractivity contribution in [3.8, 4) is 0 Å². The smallest absolute Gasteiger partial charge is 0.339 e. The van der Waals surface area contributed by atoms with Gasteiger partial charge in [-0.2, -0.15) is 0 Å². The summed E-state index contributed by atoms with van der Waals surface area (Å²) in [6.07, 6.45) is 4.04. The van der Waals surface area contributed by atoms with E-state index >= 15 is 0 Å². The quantitative estimate of drug-likeness (QED) is 0.624. The Bertz CT molecular complexity index is 895. The number of nitrogens with one attached hydrogen (secondary N) is 2. The molecule has 2 aromatic rings. The molecule has 0 radical (unpaired) electrons. The van der Waals surface area contributed by atoms with Crippen molar-refractivity contribution in [3.05, 3.63) is 51.3 Å². The fraction of sp³-hybridized carbons (Fsp3) is 0.176. The first-order chi connectivity index (χ1) is 11.1. The lowest BCUT2D eigenvalue weighted by Gasteiger charge is -2.12. The standard InChI is InChI=1S/C17H13ClN2O3/c1-8-12(18)2-3-13-15(8)10(16(21)20-13)6-14-9-4-5-23-17(22)11(9)7-19-14/h2-3,6-7,19H,4-5H2,1H3,(H,20,21)/b10-6-. The van der Waals surface area contributed by atoms with Crippen molar-refractivity contribution >= 4 is 40.8 Å². The number of rotatable bonds is 1. The monoisotopic (exact) mass is 328 g/mol. The summed E-state index contributed by atoms with van der Waals surface area (Å²) in [6, 6.07) is 3.57. The Morgan fingerprint density at radius 3 is 2.96 bits per heavy atom. The van der Waals surface area contributed by atoms with Gasteiger partial charge in [-0.3, -0.25) is 4.79 Å². The largest absolute Gasteiger partial charge is 0.462 e. The first kappa shape index (κ1) is 14.1. The van der Waals surface area contributed by atoms with Crippen LogP contribution < -0.4 is 5.32 Å². The molecule has 0 unspecified atom stereocenters. The number of ether oxygens (including phenoxy) is 1. The summed E-state index contributed by atoms with van der Waals surface area (Å²) in [7, 11) is 0. The predicted octanol–water partition coefficient (Wildman–Crippen LogP) is 3.18. The zero-order chi connectivity index (χ0) is 16.1. The van der Waals surface area contributed by atoms with Crippen molar-refractivity contribution in [1.82, 2.24) is 4.98 Å². The Kier molecular flexibility index (Phi) is 3.06. The number of anilines is 1. The molecule has 116 valence electrons. The number of fused-ring (bicyclic) bond motifs is 2. The highest BCUT2D eigenvalue weighted by Crippen LogP contribution is 2.38. The maximum Gasteiger partial charge on any atom is 0.339 e. The Morgan fingerprint density at radius 1 is 1.30 bits per heavy atom. The number of carbonyl (C=O) groups is 2. The molecule has 4 rings (SSSR count). The molecule has 0 spiro atoms. The number of hydrogen-bond acceptors (Lipinski definition) is 3. The maximum atomic E-state index is 12.3. The third-order valence-electron chi connectivity index (χ3n) is 4.28. The van der Waals surface area contributed by atoms with Crippen molar-refractivity contribution in [3.63, 3.8) is 0 Å². The van der Waals surface area contributed by atoms with Crippen LogP contribution in [0.25, 0.3) is 11.6 Å². The molecule has 2 aliphatic rings. The minimum absolute atomic E-state index is 0.174. The minimum atomic E-state index is -0.331. The molecule has 0 saturated heterocycles. The summed E-state index contributed by atoms with van der Waals surface area (Å²) >= 11 is 6.19. The van der Waals surface area contributed by atoms with E-state index in [0.29, 0.717) is 29.2 Å². The maximum absolute atomic E-state index is 12.3. The van der Waals surface area contributed by atoms with Gasteiger partial charge in [-0.1, -0.05) is 11.6 Å². The number of aromatic nitrogens is 1. The Balaban J connectivity index is 1.87. The first-order valence-corrected chi connectivity index (χ1v) is 7.64. The molecule has 0 fully saturated rings. The molecular weight excluding hydrogens is 316 g/mol. The van der Waals surface area contributed by atoms with Gasteiger partial charge in [0.2, 0.25) is 0 Å². The van der Waals surface area contributed by atoms with E-state index < -0.39 is 0 Å². The van der Waals surface area contributed by atoms with E-state index in [1.54, 1.807) is 24.4 Å². The average molecular weight is 329 g/mol. The zero-order valence-corrected chi connectivity index (χ0v) is 13.1. The molecule has 1 aromatic carbocycles. The Hall–Kier alpha value is -2.53. The topological polar surface area (TPSA) is 71.2 Å². The number of cyclic esters (lactones) is 1. The van der Waals surface area contributed by atoms with E-state index in [-0.39, 0.29) is 11.9 Å². The molecular formula is C17H13ClN2O3. The molecule has 0 atom stereocenters.